The van der Waals surface area contributed by atoms with Crippen LogP contribution in [-0.2, 0) is 5.41 Å². The number of fused-ring (bicyclic) bond motifs is 1. The van der Waals surface area contributed by atoms with E-state index in [1.807, 2.05) is 6.07 Å². The van der Waals surface area contributed by atoms with Gasteiger partial charge in [0, 0.05) is 11.1 Å². The van der Waals surface area contributed by atoms with Gasteiger partial charge in [0.2, 0.25) is 0 Å². The molecule has 130 valence electrons. The fraction of sp³-hybridized carbons (Fsp3) is 0.318. The number of aryl methyl sites for hydroxylation is 1. The fourth-order valence-electron chi connectivity index (χ4n) is 2.75. The number of benzene rings is 2. The molecule has 0 spiro atoms. The number of hydrogen-bond donors (Lipinski definition) is 0. The maximum absolute atomic E-state index is 5.86. The Bertz CT molecular complexity index is 850. The number of hydrogen-bond acceptors (Lipinski definition) is 3. The highest BCUT2D eigenvalue weighted by molar-refractivity contribution is 7.99. The predicted octanol–water partition coefficient (Wildman–Crippen LogP) is 6.01. The first-order valence-electron chi connectivity index (χ1n) is 8.66. The van der Waals surface area contributed by atoms with Crippen LogP contribution in [0.5, 0.6) is 5.75 Å². The Hall–Kier alpha value is -2.00. The Morgan fingerprint density at radius 1 is 1.00 bits per heavy atom. The van der Waals surface area contributed by atoms with E-state index in [0.717, 1.165) is 22.0 Å². The molecule has 0 atom stereocenters. The molecule has 0 amide bonds. The molecule has 3 aromatic rings. The van der Waals surface area contributed by atoms with Crippen molar-refractivity contribution in [1.29, 1.82) is 0 Å². The molecule has 0 N–H and O–H groups in total. The molecule has 2 aromatic carbocycles. The molecule has 0 aliphatic carbocycles. The zero-order valence-corrected chi connectivity index (χ0v) is 16.2. The van der Waals surface area contributed by atoms with E-state index < -0.39 is 0 Å². The van der Waals surface area contributed by atoms with Gasteiger partial charge < -0.3 is 4.74 Å². The summed E-state index contributed by atoms with van der Waals surface area (Å²) in [5.74, 6) is 1.81. The van der Waals surface area contributed by atoms with E-state index in [9.17, 15) is 0 Å². The number of pyridine rings is 1. The highest BCUT2D eigenvalue weighted by Crippen LogP contribution is 2.25. The maximum Gasteiger partial charge on any atom is 0.119 e. The highest BCUT2D eigenvalue weighted by Gasteiger charge is 2.12. The number of para-hydroxylation sites is 1. The van der Waals surface area contributed by atoms with E-state index in [0.29, 0.717) is 6.61 Å². The van der Waals surface area contributed by atoms with Crippen LogP contribution in [0.1, 0.15) is 31.9 Å². The summed E-state index contributed by atoms with van der Waals surface area (Å²) in [4.78, 5) is 4.73. The molecule has 0 aliphatic heterocycles. The van der Waals surface area contributed by atoms with Crippen molar-refractivity contribution in [3.05, 3.63) is 65.7 Å². The van der Waals surface area contributed by atoms with Crippen LogP contribution in [0.25, 0.3) is 10.9 Å². The van der Waals surface area contributed by atoms with E-state index in [-0.39, 0.29) is 5.41 Å². The minimum atomic E-state index is 0.175. The summed E-state index contributed by atoms with van der Waals surface area (Å²) in [6.07, 6.45) is 0. The summed E-state index contributed by atoms with van der Waals surface area (Å²) in [7, 11) is 0. The smallest absolute Gasteiger partial charge is 0.119 e. The molecule has 1 heterocycles. The second-order valence-corrected chi connectivity index (χ2v) is 8.38. The topological polar surface area (TPSA) is 22.1 Å². The van der Waals surface area contributed by atoms with E-state index in [1.165, 1.54) is 16.5 Å². The van der Waals surface area contributed by atoms with Crippen molar-refractivity contribution in [3.8, 4) is 5.75 Å². The van der Waals surface area contributed by atoms with Crippen LogP contribution in [0.4, 0.5) is 0 Å². The highest BCUT2D eigenvalue weighted by atomic mass is 32.2. The normalized spacial score (nSPS) is 11.7. The van der Waals surface area contributed by atoms with Crippen LogP contribution in [0.2, 0.25) is 0 Å². The number of aromatic nitrogens is 1. The van der Waals surface area contributed by atoms with Gasteiger partial charge in [-0.2, -0.15) is 0 Å². The van der Waals surface area contributed by atoms with E-state index >= 15 is 0 Å². The maximum atomic E-state index is 5.86. The zero-order chi connectivity index (χ0) is 17.9. The molecule has 25 heavy (non-hydrogen) atoms. The molecule has 3 rings (SSSR count). The number of thioether (sulfide) groups is 1. The third kappa shape index (κ3) is 4.55. The van der Waals surface area contributed by atoms with Gasteiger partial charge in [0.1, 0.15) is 5.75 Å². The number of nitrogens with zero attached hydrogens (tertiary/aromatic N) is 1. The van der Waals surface area contributed by atoms with Gasteiger partial charge in [-0.15, -0.1) is 11.8 Å². The van der Waals surface area contributed by atoms with Gasteiger partial charge in [-0.3, -0.25) is 0 Å². The second kappa shape index (κ2) is 7.49. The lowest BCUT2D eigenvalue weighted by molar-refractivity contribution is 0.343. The average Bonchev–Trinajstić information content (AvgIpc) is 2.58. The summed E-state index contributed by atoms with van der Waals surface area (Å²) in [5.41, 5.74) is 3.83. The van der Waals surface area contributed by atoms with Crippen LogP contribution in [-0.4, -0.2) is 17.3 Å². The van der Waals surface area contributed by atoms with Crippen molar-refractivity contribution in [2.75, 3.05) is 12.4 Å². The zero-order valence-electron chi connectivity index (χ0n) is 15.4. The Kier molecular flexibility index (Phi) is 5.33. The third-order valence-electron chi connectivity index (χ3n) is 4.22. The number of ether oxygens (including phenoxy) is 1. The van der Waals surface area contributed by atoms with Crippen molar-refractivity contribution in [3.63, 3.8) is 0 Å². The van der Waals surface area contributed by atoms with Crippen LogP contribution in [0.15, 0.2) is 59.6 Å². The van der Waals surface area contributed by atoms with Gasteiger partial charge in [-0.1, -0.05) is 51.1 Å². The first-order valence-corrected chi connectivity index (χ1v) is 9.64. The van der Waals surface area contributed by atoms with Gasteiger partial charge in [0.05, 0.1) is 17.1 Å². The Morgan fingerprint density at radius 3 is 2.44 bits per heavy atom. The summed E-state index contributed by atoms with van der Waals surface area (Å²) in [6, 6.07) is 18.9. The van der Waals surface area contributed by atoms with Crippen molar-refractivity contribution in [2.24, 2.45) is 0 Å². The quantitative estimate of drug-likeness (QED) is 0.415. The van der Waals surface area contributed by atoms with Gasteiger partial charge in [0.25, 0.3) is 0 Å². The predicted molar refractivity (Wildman–Crippen MR) is 108 cm³/mol. The summed E-state index contributed by atoms with van der Waals surface area (Å²) < 4.78 is 5.86. The molecule has 0 unspecified atom stereocenters. The van der Waals surface area contributed by atoms with Crippen LogP contribution in [0, 0.1) is 6.92 Å². The van der Waals surface area contributed by atoms with E-state index in [1.54, 1.807) is 11.8 Å². The first-order chi connectivity index (χ1) is 11.9. The molecule has 0 radical (unpaired) electrons. The largest absolute Gasteiger partial charge is 0.493 e. The van der Waals surface area contributed by atoms with Crippen molar-refractivity contribution in [2.45, 2.75) is 38.1 Å². The average molecular weight is 352 g/mol. The Morgan fingerprint density at radius 2 is 1.72 bits per heavy atom. The fourth-order valence-corrected chi connectivity index (χ4v) is 3.55. The first kappa shape index (κ1) is 17.8. The standard InChI is InChI=1S/C22H25NOS/c1-16-15-21(23-20-8-6-5-7-19(16)20)25-14-13-24-18-11-9-17(10-12-18)22(2,3)4/h5-12,15H,13-14H2,1-4H3. The molecular formula is C22H25NOS. The van der Waals surface area contributed by atoms with Crippen LogP contribution in [0.3, 0.4) is 0 Å². The van der Waals surface area contributed by atoms with Gasteiger partial charge in [0.15, 0.2) is 0 Å². The lowest BCUT2D eigenvalue weighted by Crippen LogP contribution is -2.10. The molecule has 0 fully saturated rings. The van der Waals surface area contributed by atoms with Crippen molar-refractivity contribution < 1.29 is 4.74 Å². The van der Waals surface area contributed by atoms with E-state index in [2.05, 4.69) is 76.2 Å². The lowest BCUT2D eigenvalue weighted by atomic mass is 9.87. The second-order valence-electron chi connectivity index (χ2n) is 7.27. The van der Waals surface area contributed by atoms with Crippen molar-refractivity contribution >= 4 is 22.7 Å². The molecule has 0 saturated heterocycles. The molecule has 0 aliphatic rings. The minimum Gasteiger partial charge on any atom is -0.493 e. The molecule has 0 saturated carbocycles. The van der Waals surface area contributed by atoms with Crippen molar-refractivity contribution in [1.82, 2.24) is 4.98 Å². The van der Waals surface area contributed by atoms with Crippen LogP contribution < -0.4 is 4.74 Å². The van der Waals surface area contributed by atoms with E-state index in [4.69, 9.17) is 9.72 Å². The van der Waals surface area contributed by atoms with Crippen LogP contribution >= 0.6 is 11.8 Å². The molecule has 3 heteroatoms. The Labute approximate surface area is 154 Å². The molecule has 1 aromatic heterocycles. The summed E-state index contributed by atoms with van der Waals surface area (Å²) in [5, 5.41) is 2.28. The molecular weight excluding hydrogens is 326 g/mol. The summed E-state index contributed by atoms with van der Waals surface area (Å²) >= 11 is 1.74. The summed E-state index contributed by atoms with van der Waals surface area (Å²) in [6.45, 7) is 9.47. The lowest BCUT2D eigenvalue weighted by Gasteiger charge is -2.19. The minimum absolute atomic E-state index is 0.175. The third-order valence-corrected chi connectivity index (χ3v) is 5.10. The Balaban J connectivity index is 1.55. The monoisotopic (exact) mass is 351 g/mol. The molecule has 0 bridgehead atoms. The van der Waals surface area contributed by atoms with Gasteiger partial charge in [-0.25, -0.2) is 4.98 Å². The van der Waals surface area contributed by atoms with Gasteiger partial charge >= 0.3 is 0 Å². The SMILES string of the molecule is Cc1cc(SCCOc2ccc(C(C)(C)C)cc2)nc2ccccc12. The van der Waals surface area contributed by atoms with Gasteiger partial charge in [-0.05, 0) is 47.7 Å². The number of rotatable bonds is 5. The molecule has 2 nitrogen and oxygen atoms in total.